The molecule has 0 N–H and O–H groups in total. The summed E-state index contributed by atoms with van der Waals surface area (Å²) in [7, 11) is -2.40. The molecule has 0 fully saturated rings. The monoisotopic (exact) mass is 178 g/mol. The molecule has 0 rings (SSSR count). The normalized spacial score (nSPS) is 14.2. The second kappa shape index (κ2) is 3.93. The molecule has 0 aromatic heterocycles. The summed E-state index contributed by atoms with van der Waals surface area (Å²) < 4.78 is 20.7. The van der Waals surface area contributed by atoms with Gasteiger partial charge in [0.25, 0.3) is 0 Å². The van der Waals surface area contributed by atoms with Crippen LogP contribution in [0.25, 0.3) is 0 Å². The van der Waals surface area contributed by atoms with Gasteiger partial charge < -0.3 is 4.52 Å². The van der Waals surface area contributed by atoms with Gasteiger partial charge in [0.1, 0.15) is 0 Å². The van der Waals surface area contributed by atoms with Crippen molar-refractivity contribution in [3.63, 3.8) is 0 Å². The summed E-state index contributed by atoms with van der Waals surface area (Å²) in [4.78, 5) is 0. The smallest absolute Gasteiger partial charge is 0.367 e. The summed E-state index contributed by atoms with van der Waals surface area (Å²) in [5, 5.41) is 0. The fourth-order valence-electron chi connectivity index (χ4n) is 0.413. The van der Waals surface area contributed by atoms with Crippen LogP contribution >= 0.6 is 8.25 Å². The van der Waals surface area contributed by atoms with E-state index in [1.165, 1.54) is 0 Å². The van der Waals surface area contributed by atoms with E-state index in [1.54, 1.807) is 6.92 Å². The molecule has 0 aliphatic carbocycles. The van der Waals surface area contributed by atoms with Crippen LogP contribution in [0.2, 0.25) is 0 Å². The van der Waals surface area contributed by atoms with Crippen molar-refractivity contribution in [2.24, 2.45) is 0 Å². The van der Waals surface area contributed by atoms with Crippen LogP contribution in [-0.2, 0) is 13.6 Å². The van der Waals surface area contributed by atoms with E-state index >= 15 is 0 Å². The van der Waals surface area contributed by atoms with Crippen molar-refractivity contribution in [3.8, 4) is 0 Å². The van der Waals surface area contributed by atoms with E-state index in [1.807, 2.05) is 20.8 Å². The number of hydrogen-bond acceptors (Lipinski definition) is 3. The van der Waals surface area contributed by atoms with Gasteiger partial charge in [-0.1, -0.05) is 6.58 Å². The van der Waals surface area contributed by atoms with Gasteiger partial charge >= 0.3 is 8.25 Å². The van der Waals surface area contributed by atoms with Crippen LogP contribution in [0.4, 0.5) is 0 Å². The Kier molecular flexibility index (Phi) is 3.84. The molecule has 0 bridgehead atoms. The zero-order valence-corrected chi connectivity index (χ0v) is 8.43. The van der Waals surface area contributed by atoms with Gasteiger partial charge in [0.2, 0.25) is 0 Å². The third kappa shape index (κ3) is 7.63. The van der Waals surface area contributed by atoms with Crippen LogP contribution in [0.5, 0.6) is 0 Å². The van der Waals surface area contributed by atoms with Crippen LogP contribution < -0.4 is 0 Å². The van der Waals surface area contributed by atoms with E-state index < -0.39 is 13.9 Å². The van der Waals surface area contributed by atoms with E-state index in [0.717, 1.165) is 0 Å². The van der Waals surface area contributed by atoms with Gasteiger partial charge in [0.15, 0.2) is 0 Å². The minimum atomic E-state index is -2.40. The lowest BCUT2D eigenvalue weighted by molar-refractivity contribution is 0.118. The average molecular weight is 178 g/mol. The highest BCUT2D eigenvalue weighted by Crippen LogP contribution is 2.32. The second-order valence-corrected chi connectivity index (χ2v) is 4.18. The van der Waals surface area contributed by atoms with E-state index in [-0.39, 0.29) is 0 Å². The first-order valence-electron chi connectivity index (χ1n) is 3.37. The molecule has 0 aromatic carbocycles. The van der Waals surface area contributed by atoms with Crippen LogP contribution in [0.1, 0.15) is 27.7 Å². The Morgan fingerprint density at radius 2 is 1.91 bits per heavy atom. The summed E-state index contributed by atoms with van der Waals surface area (Å²) in [6.07, 6.45) is 0. The number of hydrogen-bond donors (Lipinski definition) is 0. The van der Waals surface area contributed by atoms with Crippen LogP contribution in [-0.4, -0.2) is 5.60 Å². The molecule has 0 spiro atoms. The quantitative estimate of drug-likeness (QED) is 0.492. The molecule has 11 heavy (non-hydrogen) atoms. The van der Waals surface area contributed by atoms with Crippen LogP contribution in [0.3, 0.4) is 0 Å². The zero-order valence-electron chi connectivity index (χ0n) is 7.43. The topological polar surface area (TPSA) is 35.5 Å². The van der Waals surface area contributed by atoms with Crippen LogP contribution in [0.15, 0.2) is 12.3 Å². The van der Waals surface area contributed by atoms with Crippen molar-refractivity contribution in [2.75, 3.05) is 0 Å². The highest BCUT2D eigenvalue weighted by Gasteiger charge is 2.14. The Bertz CT molecular complexity index is 169. The first kappa shape index (κ1) is 10.7. The fraction of sp³-hybridized carbons (Fsp3) is 0.714. The molecule has 0 amide bonds. The minimum absolute atomic E-state index is 0.415. The van der Waals surface area contributed by atoms with Gasteiger partial charge in [-0.2, -0.15) is 0 Å². The molecule has 0 saturated heterocycles. The Morgan fingerprint density at radius 3 is 2.18 bits per heavy atom. The molecule has 0 saturated carbocycles. The van der Waals surface area contributed by atoms with Gasteiger partial charge in [-0.25, -0.2) is 4.57 Å². The standard InChI is InChI=1S/C7H15O3P/c1-6(2)9-11(8)10-7(3,4)5/h11H,1H2,2-5H3. The summed E-state index contributed by atoms with van der Waals surface area (Å²) in [6, 6.07) is 0. The molecule has 1 unspecified atom stereocenters. The first-order valence-corrected chi connectivity index (χ1v) is 4.60. The van der Waals surface area contributed by atoms with Gasteiger partial charge in [0.05, 0.1) is 11.4 Å². The third-order valence-corrected chi connectivity index (χ3v) is 1.94. The second-order valence-electron chi connectivity index (χ2n) is 3.27. The predicted octanol–water partition coefficient (Wildman–Crippen LogP) is 2.74. The first-order chi connectivity index (χ1) is 4.81. The maximum atomic E-state index is 10.9. The van der Waals surface area contributed by atoms with Gasteiger partial charge in [0, 0.05) is 0 Å². The number of allylic oxidation sites excluding steroid dienone is 1. The Labute approximate surface area is 68.3 Å². The molecule has 0 aromatic rings. The molecule has 3 nitrogen and oxygen atoms in total. The lowest BCUT2D eigenvalue weighted by Gasteiger charge is -2.18. The van der Waals surface area contributed by atoms with Gasteiger partial charge in [-0.05, 0) is 27.7 Å². The molecular formula is C7H15O3P. The maximum Gasteiger partial charge on any atom is 0.367 e. The predicted molar refractivity (Wildman–Crippen MR) is 45.7 cm³/mol. The molecule has 0 aliphatic heterocycles. The molecule has 0 aliphatic rings. The zero-order chi connectivity index (χ0) is 9.07. The van der Waals surface area contributed by atoms with Crippen molar-refractivity contribution < 1.29 is 13.6 Å². The van der Waals surface area contributed by atoms with E-state index in [4.69, 9.17) is 9.05 Å². The minimum Gasteiger partial charge on any atom is -0.432 e. The van der Waals surface area contributed by atoms with E-state index in [0.29, 0.717) is 5.76 Å². The van der Waals surface area contributed by atoms with E-state index in [2.05, 4.69) is 6.58 Å². The van der Waals surface area contributed by atoms with Gasteiger partial charge in [-0.3, -0.25) is 4.52 Å². The molecule has 1 atom stereocenters. The van der Waals surface area contributed by atoms with Gasteiger partial charge in [-0.15, -0.1) is 0 Å². The summed E-state index contributed by atoms with van der Waals surface area (Å²) in [5.74, 6) is 0.415. The summed E-state index contributed by atoms with van der Waals surface area (Å²) in [6.45, 7) is 10.5. The molecule has 0 heterocycles. The Hall–Kier alpha value is -0.270. The average Bonchev–Trinajstić information content (AvgIpc) is 1.53. The molecule has 0 radical (unpaired) electrons. The third-order valence-electron chi connectivity index (χ3n) is 0.647. The SMILES string of the molecule is C=C(C)O[PH](=O)OC(C)(C)C. The van der Waals surface area contributed by atoms with Crippen molar-refractivity contribution in [1.82, 2.24) is 0 Å². The van der Waals surface area contributed by atoms with Crippen LogP contribution in [0, 0.1) is 0 Å². The summed E-state index contributed by atoms with van der Waals surface area (Å²) >= 11 is 0. The number of rotatable bonds is 3. The Balaban J connectivity index is 3.80. The highest BCUT2D eigenvalue weighted by molar-refractivity contribution is 7.33. The molecule has 66 valence electrons. The van der Waals surface area contributed by atoms with Crippen molar-refractivity contribution in [1.29, 1.82) is 0 Å². The van der Waals surface area contributed by atoms with Crippen molar-refractivity contribution in [3.05, 3.63) is 12.3 Å². The molecule has 4 heteroatoms. The Morgan fingerprint density at radius 1 is 1.45 bits per heavy atom. The molecular weight excluding hydrogens is 163 g/mol. The highest BCUT2D eigenvalue weighted by atomic mass is 31.1. The van der Waals surface area contributed by atoms with Crippen molar-refractivity contribution >= 4 is 8.25 Å². The summed E-state index contributed by atoms with van der Waals surface area (Å²) in [5.41, 5.74) is -0.425. The largest absolute Gasteiger partial charge is 0.432 e. The fourth-order valence-corrected chi connectivity index (χ4v) is 1.24. The van der Waals surface area contributed by atoms with E-state index in [9.17, 15) is 4.57 Å². The lowest BCUT2D eigenvalue weighted by atomic mass is 10.2. The maximum absolute atomic E-state index is 10.9. The van der Waals surface area contributed by atoms with Crippen molar-refractivity contribution in [2.45, 2.75) is 33.3 Å². The lowest BCUT2D eigenvalue weighted by Crippen LogP contribution is -2.14.